The zero-order chi connectivity index (χ0) is 14.9. The second kappa shape index (κ2) is 9.02. The highest BCUT2D eigenvalue weighted by atomic mass is 16.1. The quantitative estimate of drug-likeness (QED) is 0.547. The number of hydrogen-bond donors (Lipinski definition) is 0. The maximum atomic E-state index is 10.4. The van der Waals surface area contributed by atoms with Crippen molar-refractivity contribution in [3.05, 3.63) is 34.9 Å². The first kappa shape index (κ1) is 16.3. The van der Waals surface area contributed by atoms with E-state index in [1.54, 1.807) is 11.1 Å². The van der Waals surface area contributed by atoms with Gasteiger partial charge in [-0.2, -0.15) is 0 Å². The molecule has 1 aromatic carbocycles. The second-order valence-electron chi connectivity index (χ2n) is 6.47. The molecule has 0 N–H and O–H groups in total. The van der Waals surface area contributed by atoms with Crippen molar-refractivity contribution < 1.29 is 4.79 Å². The van der Waals surface area contributed by atoms with Gasteiger partial charge in [0.25, 0.3) is 0 Å². The highest BCUT2D eigenvalue weighted by Gasteiger charge is 2.19. The van der Waals surface area contributed by atoms with Crippen LogP contribution in [-0.2, 0) is 17.6 Å². The van der Waals surface area contributed by atoms with Gasteiger partial charge in [0.2, 0.25) is 0 Å². The Morgan fingerprint density at radius 3 is 2.90 bits per heavy atom. The maximum Gasteiger partial charge on any atom is 0.198 e. The fourth-order valence-electron chi connectivity index (χ4n) is 3.60. The first-order chi connectivity index (χ1) is 10.3. The van der Waals surface area contributed by atoms with E-state index in [0.29, 0.717) is 12.3 Å². The molecule has 1 heteroatoms. The topological polar surface area (TPSA) is 17.1 Å². The molecule has 1 atom stereocenters. The number of rotatable bonds is 9. The summed E-state index contributed by atoms with van der Waals surface area (Å²) in [5.41, 5.74) is 4.66. The van der Waals surface area contributed by atoms with Gasteiger partial charge in [-0.15, -0.1) is 0 Å². The van der Waals surface area contributed by atoms with Gasteiger partial charge in [-0.05, 0) is 67.6 Å². The third-order valence-corrected chi connectivity index (χ3v) is 4.80. The summed E-state index contributed by atoms with van der Waals surface area (Å²) >= 11 is 0. The molecular formula is C20H29O. The first-order valence-corrected chi connectivity index (χ1v) is 8.82. The molecule has 1 aliphatic carbocycles. The van der Waals surface area contributed by atoms with E-state index >= 15 is 0 Å². The third kappa shape index (κ3) is 4.98. The summed E-state index contributed by atoms with van der Waals surface area (Å²) < 4.78 is 0. The predicted octanol–water partition coefficient (Wildman–Crippen LogP) is 5.51. The van der Waals surface area contributed by atoms with E-state index in [9.17, 15) is 4.79 Å². The Labute approximate surface area is 130 Å². The Morgan fingerprint density at radius 2 is 2.10 bits per heavy atom. The standard InChI is InChI=1S/C20H29O/c1-2-3-4-5-9-17-13-14-20-18(10-6-7-15-21)11-8-12-19(20)16-17/h13-14,16,18H,2-12H2,1H3. The molecule has 0 fully saturated rings. The molecule has 0 aromatic heterocycles. The van der Waals surface area contributed by atoms with Crippen LogP contribution in [0.2, 0.25) is 0 Å². The molecular weight excluding hydrogens is 256 g/mol. The summed E-state index contributed by atoms with van der Waals surface area (Å²) in [4.78, 5) is 10.4. The van der Waals surface area contributed by atoms with Crippen LogP contribution in [0, 0.1) is 0 Å². The van der Waals surface area contributed by atoms with Crippen molar-refractivity contribution in [2.24, 2.45) is 0 Å². The lowest BCUT2D eigenvalue weighted by atomic mass is 9.79. The monoisotopic (exact) mass is 285 g/mol. The van der Waals surface area contributed by atoms with Crippen LogP contribution >= 0.6 is 0 Å². The van der Waals surface area contributed by atoms with Crippen LogP contribution in [0.15, 0.2) is 18.2 Å². The van der Waals surface area contributed by atoms with E-state index in [-0.39, 0.29) is 0 Å². The molecule has 0 saturated carbocycles. The van der Waals surface area contributed by atoms with Crippen LogP contribution in [0.1, 0.15) is 87.3 Å². The number of benzene rings is 1. The van der Waals surface area contributed by atoms with E-state index in [4.69, 9.17) is 0 Å². The lowest BCUT2D eigenvalue weighted by molar-refractivity contribution is 0.499. The van der Waals surface area contributed by atoms with Crippen LogP contribution in [0.25, 0.3) is 0 Å². The van der Waals surface area contributed by atoms with Crippen molar-refractivity contribution >= 4 is 6.29 Å². The fourth-order valence-corrected chi connectivity index (χ4v) is 3.60. The highest BCUT2D eigenvalue weighted by molar-refractivity contribution is 5.50. The van der Waals surface area contributed by atoms with Crippen LogP contribution < -0.4 is 0 Å². The molecule has 1 aliphatic rings. The van der Waals surface area contributed by atoms with E-state index in [2.05, 4.69) is 25.1 Å². The molecule has 1 nitrogen and oxygen atoms in total. The number of hydrogen-bond acceptors (Lipinski definition) is 1. The Kier molecular flexibility index (Phi) is 6.99. The molecule has 1 radical (unpaired) electrons. The average molecular weight is 285 g/mol. The molecule has 1 unspecified atom stereocenters. The van der Waals surface area contributed by atoms with Crippen LogP contribution in [0.5, 0.6) is 0 Å². The normalized spacial score (nSPS) is 17.5. The van der Waals surface area contributed by atoms with Gasteiger partial charge in [-0.3, -0.25) is 4.79 Å². The molecule has 115 valence electrons. The van der Waals surface area contributed by atoms with Crippen molar-refractivity contribution in [1.29, 1.82) is 0 Å². The summed E-state index contributed by atoms with van der Waals surface area (Å²) in [5.74, 6) is 0.677. The van der Waals surface area contributed by atoms with Crippen molar-refractivity contribution in [2.45, 2.75) is 83.5 Å². The lowest BCUT2D eigenvalue weighted by Gasteiger charge is -2.26. The largest absolute Gasteiger partial charge is 0.291 e. The molecule has 0 bridgehead atoms. The van der Waals surface area contributed by atoms with Gasteiger partial charge < -0.3 is 0 Å². The molecule has 2 rings (SSSR count). The van der Waals surface area contributed by atoms with Crippen molar-refractivity contribution in [2.75, 3.05) is 0 Å². The molecule has 21 heavy (non-hydrogen) atoms. The maximum absolute atomic E-state index is 10.4. The SMILES string of the molecule is CCCCCCc1ccc2c(c1)CCCC2CCC[C]=O. The lowest BCUT2D eigenvalue weighted by Crippen LogP contribution is -2.10. The smallest absolute Gasteiger partial charge is 0.198 e. The Balaban J connectivity index is 1.93. The fraction of sp³-hybridized carbons (Fsp3) is 0.650. The van der Waals surface area contributed by atoms with Crippen molar-refractivity contribution in [3.8, 4) is 0 Å². The van der Waals surface area contributed by atoms with Gasteiger partial charge in [-0.25, -0.2) is 0 Å². The minimum atomic E-state index is 0.599. The van der Waals surface area contributed by atoms with Gasteiger partial charge in [0.05, 0.1) is 0 Å². The third-order valence-electron chi connectivity index (χ3n) is 4.80. The Hall–Kier alpha value is -1.11. The van der Waals surface area contributed by atoms with Gasteiger partial charge in [0.15, 0.2) is 6.29 Å². The minimum Gasteiger partial charge on any atom is -0.291 e. The second-order valence-corrected chi connectivity index (χ2v) is 6.47. The molecule has 1 aromatic rings. The molecule has 0 heterocycles. The highest BCUT2D eigenvalue weighted by Crippen LogP contribution is 2.35. The Bertz CT molecular complexity index is 435. The van der Waals surface area contributed by atoms with Crippen LogP contribution in [0.3, 0.4) is 0 Å². The van der Waals surface area contributed by atoms with E-state index in [1.807, 2.05) is 6.29 Å². The number of aryl methyl sites for hydroxylation is 2. The molecule has 0 saturated heterocycles. The Morgan fingerprint density at radius 1 is 1.19 bits per heavy atom. The first-order valence-electron chi connectivity index (χ1n) is 8.82. The minimum absolute atomic E-state index is 0.599. The van der Waals surface area contributed by atoms with Crippen LogP contribution in [-0.4, -0.2) is 6.29 Å². The van der Waals surface area contributed by atoms with Crippen molar-refractivity contribution in [1.82, 2.24) is 0 Å². The summed E-state index contributed by atoms with van der Waals surface area (Å²) in [6.07, 6.45) is 15.2. The molecule has 0 amide bonds. The summed E-state index contributed by atoms with van der Waals surface area (Å²) in [7, 11) is 0. The predicted molar refractivity (Wildman–Crippen MR) is 89.5 cm³/mol. The zero-order valence-electron chi connectivity index (χ0n) is 13.5. The van der Waals surface area contributed by atoms with E-state index in [0.717, 1.165) is 12.8 Å². The van der Waals surface area contributed by atoms with Crippen LogP contribution in [0.4, 0.5) is 0 Å². The zero-order valence-corrected chi connectivity index (χ0v) is 13.5. The van der Waals surface area contributed by atoms with Gasteiger partial charge in [-0.1, -0.05) is 44.4 Å². The molecule has 0 spiro atoms. The summed E-state index contributed by atoms with van der Waals surface area (Å²) in [6, 6.07) is 7.17. The van der Waals surface area contributed by atoms with Gasteiger partial charge in [0.1, 0.15) is 0 Å². The molecule has 0 aliphatic heterocycles. The average Bonchev–Trinajstić information content (AvgIpc) is 2.52. The number of fused-ring (bicyclic) bond motifs is 1. The summed E-state index contributed by atoms with van der Waals surface area (Å²) in [5, 5.41) is 0. The number of carbonyl (C=O) groups excluding carboxylic acids is 1. The van der Waals surface area contributed by atoms with E-state index in [1.165, 1.54) is 56.9 Å². The van der Waals surface area contributed by atoms with Gasteiger partial charge in [0, 0.05) is 6.42 Å². The summed E-state index contributed by atoms with van der Waals surface area (Å²) in [6.45, 7) is 2.27. The van der Waals surface area contributed by atoms with E-state index < -0.39 is 0 Å². The van der Waals surface area contributed by atoms with Gasteiger partial charge >= 0.3 is 0 Å². The number of unbranched alkanes of at least 4 members (excludes halogenated alkanes) is 4. The van der Waals surface area contributed by atoms with Crippen molar-refractivity contribution in [3.63, 3.8) is 0 Å².